The number of ether oxygens (including phenoxy) is 1. The van der Waals surface area contributed by atoms with E-state index >= 15 is 0 Å². The molecule has 4 heteroatoms. The van der Waals surface area contributed by atoms with Crippen LogP contribution in [0.5, 0.6) is 0 Å². The van der Waals surface area contributed by atoms with E-state index in [2.05, 4.69) is 13.2 Å². The maximum atomic E-state index is 10.6. The quantitative estimate of drug-likeness (QED) is 0.649. The van der Waals surface area contributed by atoms with Crippen molar-refractivity contribution in [3.8, 4) is 0 Å². The molecule has 0 aliphatic carbocycles. The standard InChI is InChI=1S/2C10H10O2/c1-8(10(11)12)7-9-5-3-2-4-6-9;1-2-10(11)12-8-9-6-4-3-5-7-9/h2-6H,1,7H2,(H,11,12);2-7H,1,8H2. The highest BCUT2D eigenvalue weighted by Gasteiger charge is 2.03. The van der Waals surface area contributed by atoms with Crippen LogP contribution in [0.25, 0.3) is 0 Å². The minimum Gasteiger partial charge on any atom is -0.478 e. The first-order valence-corrected chi connectivity index (χ1v) is 7.31. The molecule has 0 aliphatic rings. The number of esters is 1. The highest BCUT2D eigenvalue weighted by atomic mass is 16.5. The van der Waals surface area contributed by atoms with Crippen LogP contribution in [-0.2, 0) is 27.4 Å². The molecule has 2 aromatic rings. The molecule has 0 amide bonds. The van der Waals surface area contributed by atoms with Gasteiger partial charge in [0, 0.05) is 18.1 Å². The Morgan fingerprint density at radius 3 is 1.92 bits per heavy atom. The summed E-state index contributed by atoms with van der Waals surface area (Å²) in [4.78, 5) is 21.0. The third-order valence-corrected chi connectivity index (χ3v) is 2.95. The topological polar surface area (TPSA) is 63.6 Å². The van der Waals surface area contributed by atoms with E-state index in [0.717, 1.165) is 17.2 Å². The first-order valence-electron chi connectivity index (χ1n) is 7.31. The fourth-order valence-electron chi connectivity index (χ4n) is 1.71. The van der Waals surface area contributed by atoms with Crippen molar-refractivity contribution >= 4 is 11.9 Å². The molecule has 0 fully saturated rings. The number of carboxylic acids is 1. The van der Waals surface area contributed by atoms with Gasteiger partial charge >= 0.3 is 11.9 Å². The number of rotatable bonds is 6. The third kappa shape index (κ3) is 7.75. The van der Waals surface area contributed by atoms with Gasteiger partial charge in [-0.15, -0.1) is 0 Å². The van der Waals surface area contributed by atoms with Crippen LogP contribution in [0.15, 0.2) is 85.5 Å². The highest BCUT2D eigenvalue weighted by Crippen LogP contribution is 2.05. The van der Waals surface area contributed by atoms with Gasteiger partial charge < -0.3 is 9.84 Å². The molecule has 0 saturated carbocycles. The molecule has 0 heterocycles. The Balaban J connectivity index is 0.000000240. The van der Waals surface area contributed by atoms with Crippen LogP contribution in [0.4, 0.5) is 0 Å². The van der Waals surface area contributed by atoms with E-state index in [1.165, 1.54) is 0 Å². The predicted octanol–water partition coefficient (Wildman–Crippen LogP) is 3.79. The van der Waals surface area contributed by atoms with E-state index in [4.69, 9.17) is 9.84 Å². The first kappa shape index (κ1) is 18.9. The molecular formula is C20H20O4. The van der Waals surface area contributed by atoms with Crippen LogP contribution in [-0.4, -0.2) is 17.0 Å². The summed E-state index contributed by atoms with van der Waals surface area (Å²) in [5.41, 5.74) is 2.18. The lowest BCUT2D eigenvalue weighted by atomic mass is 10.1. The van der Waals surface area contributed by atoms with Gasteiger partial charge in [-0.2, -0.15) is 0 Å². The molecule has 2 rings (SSSR count). The maximum absolute atomic E-state index is 10.6. The number of carbonyl (C=O) groups is 2. The number of hydrogen-bond donors (Lipinski definition) is 1. The molecule has 0 saturated heterocycles. The van der Waals surface area contributed by atoms with Crippen LogP contribution in [0.1, 0.15) is 11.1 Å². The lowest BCUT2D eigenvalue weighted by molar-refractivity contribution is -0.139. The first-order chi connectivity index (χ1) is 11.5. The number of benzene rings is 2. The van der Waals surface area contributed by atoms with Gasteiger partial charge in [0.1, 0.15) is 6.61 Å². The Hall–Kier alpha value is -3.14. The van der Waals surface area contributed by atoms with Gasteiger partial charge in [0.25, 0.3) is 0 Å². The largest absolute Gasteiger partial charge is 0.478 e. The molecule has 2 aromatic carbocycles. The van der Waals surface area contributed by atoms with Crippen LogP contribution >= 0.6 is 0 Å². The van der Waals surface area contributed by atoms with Crippen molar-refractivity contribution in [1.29, 1.82) is 0 Å². The third-order valence-electron chi connectivity index (χ3n) is 2.95. The average Bonchev–Trinajstić information content (AvgIpc) is 2.62. The molecule has 0 bridgehead atoms. The van der Waals surface area contributed by atoms with E-state index in [0.29, 0.717) is 13.0 Å². The van der Waals surface area contributed by atoms with Crippen molar-refractivity contribution in [2.45, 2.75) is 13.0 Å². The van der Waals surface area contributed by atoms with Crippen molar-refractivity contribution in [3.63, 3.8) is 0 Å². The fourth-order valence-corrected chi connectivity index (χ4v) is 1.71. The van der Waals surface area contributed by atoms with Gasteiger partial charge in [-0.3, -0.25) is 0 Å². The van der Waals surface area contributed by atoms with Crippen molar-refractivity contribution in [2.75, 3.05) is 0 Å². The zero-order valence-corrected chi connectivity index (χ0v) is 13.4. The Kier molecular flexibility index (Phi) is 8.32. The van der Waals surface area contributed by atoms with Gasteiger partial charge in [0.2, 0.25) is 0 Å². The highest BCUT2D eigenvalue weighted by molar-refractivity contribution is 5.86. The molecule has 124 valence electrons. The summed E-state index contributed by atoms with van der Waals surface area (Å²) in [6, 6.07) is 18.9. The average molecular weight is 324 g/mol. The molecule has 0 atom stereocenters. The second-order valence-electron chi connectivity index (χ2n) is 4.87. The zero-order valence-electron chi connectivity index (χ0n) is 13.4. The van der Waals surface area contributed by atoms with E-state index < -0.39 is 5.97 Å². The second kappa shape index (κ2) is 10.6. The number of aliphatic carboxylic acids is 1. The molecule has 0 unspecified atom stereocenters. The number of carboxylic acid groups (broad SMARTS) is 1. The summed E-state index contributed by atoms with van der Waals surface area (Å²) < 4.78 is 4.82. The van der Waals surface area contributed by atoms with E-state index in [1.807, 2.05) is 60.7 Å². The monoisotopic (exact) mass is 324 g/mol. The van der Waals surface area contributed by atoms with Crippen molar-refractivity contribution in [2.24, 2.45) is 0 Å². The van der Waals surface area contributed by atoms with Gasteiger partial charge in [0.15, 0.2) is 0 Å². The van der Waals surface area contributed by atoms with E-state index in [-0.39, 0.29) is 11.5 Å². The summed E-state index contributed by atoms with van der Waals surface area (Å²) in [6.45, 7) is 7.06. The summed E-state index contributed by atoms with van der Waals surface area (Å²) in [6.07, 6.45) is 1.57. The van der Waals surface area contributed by atoms with Crippen LogP contribution < -0.4 is 0 Å². The molecule has 4 nitrogen and oxygen atoms in total. The minimum atomic E-state index is -0.932. The molecule has 0 spiro atoms. The van der Waals surface area contributed by atoms with Crippen molar-refractivity contribution in [1.82, 2.24) is 0 Å². The molecule has 0 aliphatic heterocycles. The van der Waals surface area contributed by atoms with Crippen LogP contribution in [0, 0.1) is 0 Å². The number of carbonyl (C=O) groups excluding carboxylic acids is 1. The Bertz CT molecular complexity index is 673. The van der Waals surface area contributed by atoms with Gasteiger partial charge in [0.05, 0.1) is 0 Å². The minimum absolute atomic E-state index is 0.223. The molecule has 0 aromatic heterocycles. The number of hydrogen-bond acceptors (Lipinski definition) is 3. The smallest absolute Gasteiger partial charge is 0.331 e. The van der Waals surface area contributed by atoms with Crippen LogP contribution in [0.2, 0.25) is 0 Å². The zero-order chi connectivity index (χ0) is 17.8. The Morgan fingerprint density at radius 2 is 1.46 bits per heavy atom. The predicted molar refractivity (Wildman–Crippen MR) is 93.4 cm³/mol. The van der Waals surface area contributed by atoms with Gasteiger partial charge in [-0.25, -0.2) is 9.59 Å². The lowest BCUT2D eigenvalue weighted by Crippen LogP contribution is -2.01. The summed E-state index contributed by atoms with van der Waals surface area (Å²) >= 11 is 0. The SMILES string of the molecule is C=C(Cc1ccccc1)C(=O)O.C=CC(=O)OCc1ccccc1. The molecular weight excluding hydrogens is 304 g/mol. The second-order valence-corrected chi connectivity index (χ2v) is 4.87. The molecule has 1 N–H and O–H groups in total. The van der Waals surface area contributed by atoms with E-state index in [1.54, 1.807) is 0 Å². The van der Waals surface area contributed by atoms with Crippen molar-refractivity contribution < 1.29 is 19.4 Å². The van der Waals surface area contributed by atoms with Crippen molar-refractivity contribution in [3.05, 3.63) is 96.6 Å². The van der Waals surface area contributed by atoms with E-state index in [9.17, 15) is 9.59 Å². The maximum Gasteiger partial charge on any atom is 0.331 e. The lowest BCUT2D eigenvalue weighted by Gasteiger charge is -2.00. The van der Waals surface area contributed by atoms with Gasteiger partial charge in [-0.05, 0) is 11.1 Å². The molecule has 24 heavy (non-hydrogen) atoms. The Labute approximate surface area is 141 Å². The normalized spacial score (nSPS) is 9.17. The van der Waals surface area contributed by atoms with Gasteiger partial charge in [-0.1, -0.05) is 73.8 Å². The summed E-state index contributed by atoms with van der Waals surface area (Å²) in [7, 11) is 0. The fraction of sp³-hybridized carbons (Fsp3) is 0.100. The summed E-state index contributed by atoms with van der Waals surface area (Å²) in [5, 5.41) is 8.54. The summed E-state index contributed by atoms with van der Waals surface area (Å²) in [5.74, 6) is -1.32. The van der Waals surface area contributed by atoms with Crippen LogP contribution in [0.3, 0.4) is 0 Å². The molecule has 0 radical (unpaired) electrons. The Morgan fingerprint density at radius 1 is 0.958 bits per heavy atom.